The lowest BCUT2D eigenvalue weighted by Crippen LogP contribution is -1.98. The summed E-state index contributed by atoms with van der Waals surface area (Å²) < 4.78 is 0. The highest BCUT2D eigenvalue weighted by molar-refractivity contribution is 6.32. The molecular weight excluding hydrogens is 126 g/mol. The van der Waals surface area contributed by atoms with Crippen molar-refractivity contribution in [2.45, 2.75) is 0 Å². The minimum absolute atomic E-state index is 0.745. The average molecular weight is 133 g/mol. The predicted octanol–water partition coefficient (Wildman–Crippen LogP) is -0.451. The molecule has 1 aromatic carbocycles. The summed E-state index contributed by atoms with van der Waals surface area (Å²) >= 11 is 0. The van der Waals surface area contributed by atoms with Gasteiger partial charge in [-0.1, -0.05) is 17.3 Å². The Kier molecular flexibility index (Phi) is 1.66. The van der Waals surface area contributed by atoms with Gasteiger partial charge in [0, 0.05) is 10.2 Å². The summed E-state index contributed by atoms with van der Waals surface area (Å²) in [6, 6.07) is 9.75. The number of hydrogen-bond donors (Lipinski definition) is 0. The second-order valence-electron chi connectivity index (χ2n) is 1.98. The Balaban J connectivity index is 3.06. The van der Waals surface area contributed by atoms with Gasteiger partial charge in [-0.2, -0.15) is 5.26 Å². The van der Waals surface area contributed by atoms with Crippen LogP contribution in [0.5, 0.6) is 0 Å². The summed E-state index contributed by atoms with van der Waals surface area (Å²) in [5.74, 6) is 0. The highest BCUT2D eigenvalue weighted by Crippen LogP contribution is 1.91. The molecule has 0 radical (unpaired) electrons. The van der Waals surface area contributed by atoms with Crippen molar-refractivity contribution in [1.82, 2.24) is 0 Å². The highest BCUT2D eigenvalue weighted by Gasteiger charge is 1.84. The van der Waals surface area contributed by atoms with Gasteiger partial charge < -0.3 is 0 Å². The molecule has 0 heterocycles. The van der Waals surface area contributed by atoms with Gasteiger partial charge in [0.05, 0.1) is 11.6 Å². The van der Waals surface area contributed by atoms with E-state index in [0.717, 1.165) is 15.8 Å². The second-order valence-corrected chi connectivity index (χ2v) is 3.13. The Hall–Kier alpha value is -1.07. The van der Waals surface area contributed by atoms with Crippen molar-refractivity contribution in [1.29, 1.82) is 5.26 Å². The fourth-order valence-corrected chi connectivity index (χ4v) is 0.961. The summed E-state index contributed by atoms with van der Waals surface area (Å²) in [7, 11) is 1.06. The van der Waals surface area contributed by atoms with Crippen LogP contribution in [-0.4, -0.2) is 10.2 Å². The maximum absolute atomic E-state index is 8.39. The molecule has 0 saturated carbocycles. The molecule has 0 aliphatic rings. The van der Waals surface area contributed by atoms with Crippen LogP contribution in [0.2, 0.25) is 0 Å². The quantitative estimate of drug-likeness (QED) is 0.440. The van der Waals surface area contributed by atoms with Gasteiger partial charge in [0.25, 0.3) is 0 Å². The Morgan fingerprint density at radius 1 is 1.22 bits per heavy atom. The molecule has 0 spiro atoms. The Bertz CT molecular complexity index is 232. The first-order valence-electron chi connectivity index (χ1n) is 2.79. The molecule has 2 heteroatoms. The molecule has 1 aromatic rings. The molecule has 0 fully saturated rings. The van der Waals surface area contributed by atoms with E-state index in [1.807, 2.05) is 24.3 Å². The van der Waals surface area contributed by atoms with Crippen LogP contribution >= 0.6 is 0 Å². The van der Waals surface area contributed by atoms with E-state index in [9.17, 15) is 0 Å². The fourth-order valence-electron chi connectivity index (χ4n) is 0.628. The molecule has 0 aliphatic heterocycles. The van der Waals surface area contributed by atoms with Crippen LogP contribution < -0.4 is 5.19 Å². The molecule has 1 rings (SSSR count). The molecule has 1 nitrogen and oxygen atoms in total. The first-order valence-corrected chi connectivity index (χ1v) is 3.79. The summed E-state index contributed by atoms with van der Waals surface area (Å²) in [5, 5.41) is 9.72. The standard InChI is InChI=1S/C7H7NSi/c8-5-6-1-3-7(9)4-2-6/h1-4H,9H3. The Morgan fingerprint density at radius 2 is 1.78 bits per heavy atom. The zero-order valence-corrected chi connectivity index (χ0v) is 7.26. The van der Waals surface area contributed by atoms with E-state index < -0.39 is 0 Å². The molecule has 0 saturated heterocycles. The van der Waals surface area contributed by atoms with Crippen LogP contribution in [0.15, 0.2) is 24.3 Å². The minimum Gasteiger partial charge on any atom is -0.192 e. The third-order valence-electron chi connectivity index (χ3n) is 1.18. The van der Waals surface area contributed by atoms with E-state index >= 15 is 0 Å². The lowest BCUT2D eigenvalue weighted by molar-refractivity contribution is 1.49. The number of rotatable bonds is 0. The van der Waals surface area contributed by atoms with E-state index in [2.05, 4.69) is 6.07 Å². The summed E-state index contributed by atoms with van der Waals surface area (Å²) in [6.07, 6.45) is 0. The molecule has 0 aliphatic carbocycles. The number of nitrogens with zero attached hydrogens (tertiary/aromatic N) is 1. The molecule has 0 unspecified atom stereocenters. The molecule has 0 atom stereocenters. The van der Waals surface area contributed by atoms with Crippen LogP contribution in [0, 0.1) is 11.3 Å². The molecular formula is C7H7NSi. The zero-order valence-electron chi connectivity index (χ0n) is 5.26. The molecule has 44 valence electrons. The van der Waals surface area contributed by atoms with Crippen molar-refractivity contribution >= 4 is 15.4 Å². The van der Waals surface area contributed by atoms with Gasteiger partial charge in [-0.3, -0.25) is 0 Å². The van der Waals surface area contributed by atoms with Crippen molar-refractivity contribution in [3.63, 3.8) is 0 Å². The van der Waals surface area contributed by atoms with Crippen molar-refractivity contribution in [2.75, 3.05) is 0 Å². The lowest BCUT2D eigenvalue weighted by atomic mass is 10.2. The van der Waals surface area contributed by atoms with Crippen LogP contribution in [-0.2, 0) is 0 Å². The third kappa shape index (κ3) is 1.41. The van der Waals surface area contributed by atoms with E-state index in [1.165, 1.54) is 5.19 Å². The maximum Gasteiger partial charge on any atom is 0.0991 e. The van der Waals surface area contributed by atoms with Crippen molar-refractivity contribution < 1.29 is 0 Å². The van der Waals surface area contributed by atoms with Gasteiger partial charge in [-0.05, 0) is 12.1 Å². The summed E-state index contributed by atoms with van der Waals surface area (Å²) in [4.78, 5) is 0. The SMILES string of the molecule is N#Cc1ccc([SiH3])cc1. The van der Waals surface area contributed by atoms with Gasteiger partial charge in [-0.15, -0.1) is 0 Å². The van der Waals surface area contributed by atoms with Gasteiger partial charge in [0.1, 0.15) is 0 Å². The predicted molar refractivity (Wildman–Crippen MR) is 40.7 cm³/mol. The molecule has 0 N–H and O–H groups in total. The van der Waals surface area contributed by atoms with E-state index in [0.29, 0.717) is 0 Å². The van der Waals surface area contributed by atoms with Gasteiger partial charge in [0.15, 0.2) is 0 Å². The third-order valence-corrected chi connectivity index (χ3v) is 1.85. The Morgan fingerprint density at radius 3 is 2.22 bits per heavy atom. The molecule has 9 heavy (non-hydrogen) atoms. The van der Waals surface area contributed by atoms with Gasteiger partial charge in [-0.25, -0.2) is 0 Å². The largest absolute Gasteiger partial charge is 0.192 e. The van der Waals surface area contributed by atoms with Crippen molar-refractivity contribution in [2.24, 2.45) is 0 Å². The molecule has 0 bridgehead atoms. The normalized spacial score (nSPS) is 8.78. The van der Waals surface area contributed by atoms with Crippen LogP contribution in [0.25, 0.3) is 0 Å². The van der Waals surface area contributed by atoms with Crippen molar-refractivity contribution in [3.05, 3.63) is 29.8 Å². The smallest absolute Gasteiger partial charge is 0.0991 e. The van der Waals surface area contributed by atoms with Crippen molar-refractivity contribution in [3.8, 4) is 6.07 Å². The monoisotopic (exact) mass is 133 g/mol. The minimum atomic E-state index is 0.745. The first-order chi connectivity index (χ1) is 4.33. The number of hydrogen-bond acceptors (Lipinski definition) is 1. The first kappa shape index (κ1) is 6.05. The van der Waals surface area contributed by atoms with E-state index in [4.69, 9.17) is 5.26 Å². The topological polar surface area (TPSA) is 23.8 Å². The lowest BCUT2D eigenvalue weighted by Gasteiger charge is -1.88. The summed E-state index contributed by atoms with van der Waals surface area (Å²) in [6.45, 7) is 0. The zero-order chi connectivity index (χ0) is 6.69. The fraction of sp³-hybridized carbons (Fsp3) is 0. The van der Waals surface area contributed by atoms with Gasteiger partial charge >= 0.3 is 0 Å². The van der Waals surface area contributed by atoms with E-state index in [1.54, 1.807) is 0 Å². The Labute approximate surface area is 57.4 Å². The highest BCUT2D eigenvalue weighted by atomic mass is 28.1. The molecule has 0 aromatic heterocycles. The van der Waals surface area contributed by atoms with Crippen LogP contribution in [0.1, 0.15) is 5.56 Å². The summed E-state index contributed by atoms with van der Waals surface area (Å²) in [5.41, 5.74) is 0.745. The second kappa shape index (κ2) is 2.47. The molecule has 0 amide bonds. The van der Waals surface area contributed by atoms with Gasteiger partial charge in [0.2, 0.25) is 0 Å². The maximum atomic E-state index is 8.39. The van der Waals surface area contributed by atoms with Crippen LogP contribution in [0.4, 0.5) is 0 Å². The van der Waals surface area contributed by atoms with E-state index in [-0.39, 0.29) is 0 Å². The number of nitriles is 1. The average Bonchev–Trinajstić information content (AvgIpc) is 1.90. The number of benzene rings is 1. The van der Waals surface area contributed by atoms with Crippen LogP contribution in [0.3, 0.4) is 0 Å².